The first-order valence-electron chi connectivity index (χ1n) is 5.44. The van der Waals surface area contributed by atoms with Gasteiger partial charge in [-0.25, -0.2) is 4.79 Å². The van der Waals surface area contributed by atoms with Crippen molar-refractivity contribution < 1.29 is 9.82 Å². The van der Waals surface area contributed by atoms with Crippen molar-refractivity contribution in [1.29, 1.82) is 0 Å². The van der Waals surface area contributed by atoms with Crippen LogP contribution in [0.3, 0.4) is 0 Å². The molecule has 88 valence electrons. The van der Waals surface area contributed by atoms with Gasteiger partial charge in [0.1, 0.15) is 0 Å². The van der Waals surface area contributed by atoms with Crippen LogP contribution in [0.1, 0.15) is 27.7 Å². The number of allylic oxidation sites excluding steroid dienone is 5. The lowest BCUT2D eigenvalue weighted by Gasteiger charge is -2.20. The summed E-state index contributed by atoms with van der Waals surface area (Å²) in [5.41, 5.74) is 1.28. The first kappa shape index (κ1) is 14.5. The van der Waals surface area contributed by atoms with Crippen molar-refractivity contribution >= 4 is 13.1 Å². The zero-order chi connectivity index (χ0) is 12.6. The van der Waals surface area contributed by atoms with Crippen LogP contribution < -0.4 is 10.5 Å². The van der Waals surface area contributed by atoms with E-state index < -0.39 is 7.05 Å². The zero-order valence-electron chi connectivity index (χ0n) is 10.2. The van der Waals surface area contributed by atoms with Crippen LogP contribution in [-0.2, 0) is 0 Å². The molecule has 0 unspecified atom stereocenters. The van der Waals surface area contributed by atoms with E-state index in [1.807, 2.05) is 27.7 Å². The molecule has 1 aliphatic heterocycles. The molecule has 1 rings (SSSR count). The van der Waals surface area contributed by atoms with Crippen molar-refractivity contribution in [2.24, 2.45) is 0 Å². The molecule has 1 heterocycles. The van der Waals surface area contributed by atoms with E-state index in [0.29, 0.717) is 11.2 Å². The average molecular weight is 222 g/mol. The fourth-order valence-corrected chi connectivity index (χ4v) is 1.24. The minimum Gasteiger partial charge on any atom is -0.428 e. The summed E-state index contributed by atoms with van der Waals surface area (Å²) in [6.45, 7) is 7.70. The minimum absolute atomic E-state index is 0.390. The van der Waals surface area contributed by atoms with Crippen molar-refractivity contribution in [2.75, 3.05) is 0 Å². The summed E-state index contributed by atoms with van der Waals surface area (Å²) in [5, 5.41) is 14.5. The van der Waals surface area contributed by atoms with Crippen LogP contribution in [0.25, 0.3) is 0 Å². The van der Waals surface area contributed by atoms with E-state index in [4.69, 9.17) is 0 Å². The van der Waals surface area contributed by atoms with Crippen LogP contribution in [-0.4, -0.2) is 18.1 Å². The molecule has 0 aromatic carbocycles. The van der Waals surface area contributed by atoms with Gasteiger partial charge in [0.25, 0.3) is 0 Å². The lowest BCUT2D eigenvalue weighted by Crippen LogP contribution is -2.51. The lowest BCUT2D eigenvalue weighted by atomic mass is 9.70. The average Bonchev–Trinajstić information content (AvgIpc) is 2.26. The Morgan fingerprint density at radius 3 is 2.25 bits per heavy atom. The van der Waals surface area contributed by atoms with Gasteiger partial charge in [-0.15, -0.1) is 0 Å². The van der Waals surface area contributed by atoms with E-state index >= 15 is 0 Å². The van der Waals surface area contributed by atoms with Gasteiger partial charge in [-0.05, 0) is 25.4 Å². The Morgan fingerprint density at radius 1 is 1.19 bits per heavy atom. The highest BCUT2D eigenvalue weighted by atomic mass is 16.2. The van der Waals surface area contributed by atoms with E-state index in [0.717, 1.165) is 0 Å². The Balaban J connectivity index is 0.00000106. The summed E-state index contributed by atoms with van der Waals surface area (Å²) < 4.78 is 0. The van der Waals surface area contributed by atoms with Crippen molar-refractivity contribution in [3.05, 3.63) is 35.5 Å². The molecule has 0 radical (unpaired) electrons. The Hall–Kier alpha value is -1.49. The van der Waals surface area contributed by atoms with Gasteiger partial charge in [0.2, 0.25) is 0 Å². The highest BCUT2D eigenvalue weighted by Crippen LogP contribution is 2.10. The molecule has 16 heavy (non-hydrogen) atoms. The van der Waals surface area contributed by atoms with Gasteiger partial charge in [-0.1, -0.05) is 32.1 Å². The number of amides is 2. The number of hydrogen-bond acceptors (Lipinski definition) is 2. The van der Waals surface area contributed by atoms with Crippen molar-refractivity contribution in [2.45, 2.75) is 27.7 Å². The van der Waals surface area contributed by atoms with Crippen LogP contribution in [0.2, 0.25) is 0 Å². The van der Waals surface area contributed by atoms with E-state index in [9.17, 15) is 9.82 Å². The maximum absolute atomic E-state index is 11.0. The van der Waals surface area contributed by atoms with E-state index in [1.54, 1.807) is 24.3 Å². The van der Waals surface area contributed by atoms with E-state index in [2.05, 4.69) is 10.5 Å². The number of carbonyl (C=O) groups excluding carboxylic acids is 1. The first-order chi connectivity index (χ1) is 7.69. The third-order valence-electron chi connectivity index (χ3n) is 1.80. The van der Waals surface area contributed by atoms with Gasteiger partial charge in [0.05, 0.1) is 0 Å². The molecule has 2 amide bonds. The number of nitrogens with one attached hydrogen (secondary N) is 2. The second-order valence-electron chi connectivity index (χ2n) is 2.87. The number of carbonyl (C=O) groups is 1. The Bertz CT molecular complexity index is 322. The smallest absolute Gasteiger partial charge is 0.428 e. The molecule has 0 aromatic heterocycles. The Labute approximate surface area is 97.3 Å². The largest absolute Gasteiger partial charge is 0.452 e. The topological polar surface area (TPSA) is 61.4 Å². The second kappa shape index (κ2) is 7.76. The normalized spacial score (nSPS) is 16.1. The quantitative estimate of drug-likeness (QED) is 0.623. The molecule has 4 nitrogen and oxygen atoms in total. The van der Waals surface area contributed by atoms with Gasteiger partial charge in [0.15, 0.2) is 0 Å². The summed E-state index contributed by atoms with van der Waals surface area (Å²) in [6.07, 6.45) is 7.11. The highest BCUT2D eigenvalue weighted by Gasteiger charge is 2.26. The summed E-state index contributed by atoms with van der Waals surface area (Å²) in [5.74, 6) is 0. The Morgan fingerprint density at radius 2 is 1.75 bits per heavy atom. The summed E-state index contributed by atoms with van der Waals surface area (Å²) in [4.78, 5) is 11.0. The maximum Gasteiger partial charge on any atom is 0.452 e. The molecule has 3 N–H and O–H groups in total. The molecule has 5 heteroatoms. The van der Waals surface area contributed by atoms with Gasteiger partial charge < -0.3 is 15.6 Å². The SMILES string of the molecule is C/C=C\C1=C(/C=C\C)B(O)NC(=O)N1.CC. The van der Waals surface area contributed by atoms with Crippen molar-refractivity contribution in [3.8, 4) is 0 Å². The fourth-order valence-electron chi connectivity index (χ4n) is 1.24. The lowest BCUT2D eigenvalue weighted by molar-refractivity contribution is 0.246. The summed E-state index contributed by atoms with van der Waals surface area (Å²) in [6, 6.07) is -0.390. The fraction of sp³-hybridized carbons (Fsp3) is 0.364. The van der Waals surface area contributed by atoms with Crippen molar-refractivity contribution in [3.63, 3.8) is 0 Å². The predicted octanol–water partition coefficient (Wildman–Crippen LogP) is 1.75. The van der Waals surface area contributed by atoms with Gasteiger partial charge in [0, 0.05) is 5.70 Å². The van der Waals surface area contributed by atoms with Crippen LogP contribution >= 0.6 is 0 Å². The van der Waals surface area contributed by atoms with E-state index in [1.165, 1.54) is 0 Å². The zero-order valence-corrected chi connectivity index (χ0v) is 10.2. The van der Waals surface area contributed by atoms with E-state index in [-0.39, 0.29) is 6.03 Å². The van der Waals surface area contributed by atoms with Crippen molar-refractivity contribution in [1.82, 2.24) is 10.5 Å². The predicted molar refractivity (Wildman–Crippen MR) is 67.6 cm³/mol. The molecular weight excluding hydrogens is 203 g/mol. The molecule has 0 fully saturated rings. The molecule has 0 aromatic rings. The number of urea groups is 1. The van der Waals surface area contributed by atoms with Gasteiger partial charge >= 0.3 is 13.1 Å². The van der Waals surface area contributed by atoms with Gasteiger partial charge in [-0.3, -0.25) is 0 Å². The summed E-state index contributed by atoms with van der Waals surface area (Å²) in [7, 11) is -0.939. The van der Waals surface area contributed by atoms with Crippen LogP contribution in [0.4, 0.5) is 4.79 Å². The van der Waals surface area contributed by atoms with Gasteiger partial charge in [-0.2, -0.15) is 0 Å². The minimum atomic E-state index is -0.939. The maximum atomic E-state index is 11.0. The van der Waals surface area contributed by atoms with Crippen LogP contribution in [0, 0.1) is 0 Å². The molecule has 0 bridgehead atoms. The number of hydrogen-bond donors (Lipinski definition) is 3. The standard InChI is InChI=1S/C9H13BN2O2.C2H6/c1-3-5-7-8(6-4-2)11-9(13)12-10(7)14;1-2/h3-6,14H,1-2H3,(H2,11,12,13);1-2H3/b5-3-,6-4-;. The Kier molecular flexibility index (Phi) is 7.04. The monoisotopic (exact) mass is 222 g/mol. The van der Waals surface area contributed by atoms with Crippen LogP contribution in [0.5, 0.6) is 0 Å². The molecule has 0 saturated heterocycles. The molecule has 0 aliphatic carbocycles. The molecule has 1 aliphatic rings. The number of rotatable bonds is 2. The molecular formula is C11H19BN2O2. The molecule has 0 saturated carbocycles. The third-order valence-corrected chi connectivity index (χ3v) is 1.80. The first-order valence-corrected chi connectivity index (χ1v) is 5.44. The second-order valence-corrected chi connectivity index (χ2v) is 2.87. The van der Waals surface area contributed by atoms with Crippen LogP contribution in [0.15, 0.2) is 35.5 Å². The molecule has 0 atom stereocenters. The third kappa shape index (κ3) is 3.94. The highest BCUT2D eigenvalue weighted by molar-refractivity contribution is 6.61. The molecule has 0 spiro atoms. The summed E-state index contributed by atoms with van der Waals surface area (Å²) >= 11 is 0.